The summed E-state index contributed by atoms with van der Waals surface area (Å²) in [6.07, 6.45) is 3.45. The Morgan fingerprint density at radius 1 is 0.944 bits per heavy atom. The molecule has 1 rings (SSSR count). The molecule has 0 aliphatic heterocycles. The molecule has 104 valence electrons. The van der Waals surface area contributed by atoms with Crippen molar-refractivity contribution in [1.29, 1.82) is 0 Å². The summed E-state index contributed by atoms with van der Waals surface area (Å²) < 4.78 is 0. The molecule has 1 aromatic rings. The molecule has 0 amide bonds. The summed E-state index contributed by atoms with van der Waals surface area (Å²) in [7, 11) is 0. The van der Waals surface area contributed by atoms with Gasteiger partial charge in [-0.3, -0.25) is 0 Å². The Labute approximate surface area is 118 Å². The highest BCUT2D eigenvalue weighted by Gasteiger charge is 2.39. The first-order valence-corrected chi connectivity index (χ1v) is 8.69. The molecule has 1 aromatic heterocycles. The van der Waals surface area contributed by atoms with Crippen LogP contribution in [0.1, 0.15) is 60.8 Å². The van der Waals surface area contributed by atoms with Gasteiger partial charge in [0, 0.05) is 6.15 Å². The minimum atomic E-state index is -0.441. The average Bonchev–Trinajstić information content (AvgIpc) is 2.92. The van der Waals surface area contributed by atoms with Gasteiger partial charge >= 0.3 is 0 Å². The summed E-state index contributed by atoms with van der Waals surface area (Å²) in [4.78, 5) is 0. The Balaban J connectivity index is 3.35. The summed E-state index contributed by atoms with van der Waals surface area (Å²) in [5.74, 6) is 2.43. The van der Waals surface area contributed by atoms with E-state index in [4.69, 9.17) is 0 Å². The summed E-state index contributed by atoms with van der Waals surface area (Å²) in [5, 5.41) is 4.68. The fraction of sp³-hybridized carbons (Fsp3) is 0.750. The Morgan fingerprint density at radius 3 is 1.67 bits per heavy atom. The van der Waals surface area contributed by atoms with E-state index in [0.717, 1.165) is 17.5 Å². The quantitative estimate of drug-likeness (QED) is 0.546. The second kappa shape index (κ2) is 6.79. The maximum absolute atomic E-state index is 2.48. The lowest BCUT2D eigenvalue weighted by atomic mass is 9.06. The van der Waals surface area contributed by atoms with Crippen LogP contribution in [0, 0.1) is 0 Å². The van der Waals surface area contributed by atoms with Crippen LogP contribution in [-0.4, -0.2) is 6.15 Å². The van der Waals surface area contributed by atoms with Gasteiger partial charge in [-0.1, -0.05) is 66.9 Å². The summed E-state index contributed by atoms with van der Waals surface area (Å²) in [6, 6.07) is 2.40. The molecule has 0 bridgehead atoms. The van der Waals surface area contributed by atoms with Gasteiger partial charge in [0.15, 0.2) is 0 Å². The standard InChI is InChI=1S/C16H30BS/c1-7-13(4)17(14(5)8-2,15(6)9-3)16-10-11-18-12-16/h10-15H,7-9H2,1-6H3/q-1. The van der Waals surface area contributed by atoms with Crippen LogP contribution < -0.4 is 5.46 Å². The fourth-order valence-electron chi connectivity index (χ4n) is 4.40. The van der Waals surface area contributed by atoms with E-state index in [2.05, 4.69) is 58.4 Å². The third kappa shape index (κ3) is 2.54. The van der Waals surface area contributed by atoms with E-state index in [1.165, 1.54) is 19.3 Å². The Kier molecular flexibility index (Phi) is 5.97. The van der Waals surface area contributed by atoms with Crippen molar-refractivity contribution in [2.24, 2.45) is 0 Å². The van der Waals surface area contributed by atoms with Gasteiger partial charge in [-0.25, -0.2) is 0 Å². The minimum Gasteiger partial charge on any atom is -0.198 e. The molecule has 0 nitrogen and oxygen atoms in total. The second-order valence-corrected chi connectivity index (χ2v) is 7.07. The van der Waals surface area contributed by atoms with Crippen molar-refractivity contribution in [3.63, 3.8) is 0 Å². The van der Waals surface area contributed by atoms with Crippen LogP contribution >= 0.6 is 11.3 Å². The van der Waals surface area contributed by atoms with Crippen molar-refractivity contribution < 1.29 is 0 Å². The Hall–Kier alpha value is -0.235. The van der Waals surface area contributed by atoms with E-state index >= 15 is 0 Å². The molecule has 0 aliphatic carbocycles. The zero-order valence-electron chi connectivity index (χ0n) is 13.1. The zero-order valence-corrected chi connectivity index (χ0v) is 13.9. The fourth-order valence-corrected chi connectivity index (χ4v) is 5.18. The van der Waals surface area contributed by atoms with Crippen LogP contribution in [0.5, 0.6) is 0 Å². The number of hydrogen-bond donors (Lipinski definition) is 0. The van der Waals surface area contributed by atoms with Crippen LogP contribution in [0.2, 0.25) is 17.5 Å². The van der Waals surface area contributed by atoms with Crippen LogP contribution in [0.25, 0.3) is 0 Å². The molecule has 0 saturated heterocycles. The third-order valence-corrected chi connectivity index (χ3v) is 6.58. The van der Waals surface area contributed by atoms with Crippen molar-refractivity contribution in [2.45, 2.75) is 78.3 Å². The molecule has 0 saturated carbocycles. The third-order valence-electron chi connectivity index (χ3n) is 5.88. The molecule has 0 radical (unpaired) electrons. The average molecular weight is 265 g/mol. The first-order valence-electron chi connectivity index (χ1n) is 7.75. The molecule has 1 heterocycles. The highest BCUT2D eigenvalue weighted by molar-refractivity contribution is 7.11. The molecule has 0 fully saturated rings. The maximum atomic E-state index is 2.48. The monoisotopic (exact) mass is 265 g/mol. The lowest BCUT2D eigenvalue weighted by molar-refractivity contribution is 0.701. The van der Waals surface area contributed by atoms with Crippen LogP contribution in [-0.2, 0) is 0 Å². The van der Waals surface area contributed by atoms with Gasteiger partial charge in [0.05, 0.1) is 0 Å². The zero-order chi connectivity index (χ0) is 13.8. The van der Waals surface area contributed by atoms with Crippen molar-refractivity contribution >= 4 is 22.9 Å². The number of rotatable bonds is 7. The summed E-state index contributed by atoms with van der Waals surface area (Å²) in [5.41, 5.74) is 1.65. The van der Waals surface area contributed by atoms with Gasteiger partial charge in [0.1, 0.15) is 0 Å². The first-order chi connectivity index (χ1) is 8.55. The normalized spacial score (nSPS) is 20.1. The molecule has 0 aliphatic rings. The number of hydrogen-bond acceptors (Lipinski definition) is 1. The van der Waals surface area contributed by atoms with Gasteiger partial charge in [0.2, 0.25) is 0 Å². The van der Waals surface area contributed by atoms with E-state index in [0.29, 0.717) is 0 Å². The molecule has 0 spiro atoms. The first kappa shape index (κ1) is 15.8. The molecular formula is C16H30BS-. The van der Waals surface area contributed by atoms with Gasteiger partial charge in [-0.05, 0) is 10.8 Å². The largest absolute Gasteiger partial charge is 0.198 e. The predicted molar refractivity (Wildman–Crippen MR) is 88.9 cm³/mol. The van der Waals surface area contributed by atoms with Crippen molar-refractivity contribution in [2.75, 3.05) is 0 Å². The van der Waals surface area contributed by atoms with E-state index < -0.39 is 6.15 Å². The lowest BCUT2D eigenvalue weighted by Gasteiger charge is -2.54. The number of thiophene rings is 1. The second-order valence-electron chi connectivity index (χ2n) is 6.29. The van der Waals surface area contributed by atoms with Crippen LogP contribution in [0.3, 0.4) is 0 Å². The molecule has 3 unspecified atom stereocenters. The van der Waals surface area contributed by atoms with Gasteiger partial charge in [-0.2, -0.15) is 34.3 Å². The highest BCUT2D eigenvalue weighted by Crippen LogP contribution is 2.46. The topological polar surface area (TPSA) is 0 Å². The van der Waals surface area contributed by atoms with Crippen LogP contribution in [0.4, 0.5) is 0 Å². The highest BCUT2D eigenvalue weighted by atomic mass is 32.1. The van der Waals surface area contributed by atoms with Crippen molar-refractivity contribution in [1.82, 2.24) is 0 Å². The summed E-state index contributed by atoms with van der Waals surface area (Å²) in [6.45, 7) is 14.5. The van der Waals surface area contributed by atoms with E-state index in [-0.39, 0.29) is 0 Å². The molecule has 0 N–H and O–H groups in total. The molecule has 3 atom stereocenters. The SMILES string of the molecule is CCC(C)[B-](c1ccsc1)(C(C)CC)C(C)CC. The van der Waals surface area contributed by atoms with Crippen molar-refractivity contribution in [3.8, 4) is 0 Å². The molecule has 2 heteroatoms. The van der Waals surface area contributed by atoms with Gasteiger partial charge in [-0.15, -0.1) is 0 Å². The molecule has 0 aromatic carbocycles. The van der Waals surface area contributed by atoms with Gasteiger partial charge < -0.3 is 0 Å². The molecular weight excluding hydrogens is 235 g/mol. The van der Waals surface area contributed by atoms with E-state index in [1.807, 2.05) is 11.3 Å². The maximum Gasteiger partial charge on any atom is 0.0372 e. The van der Waals surface area contributed by atoms with E-state index in [1.54, 1.807) is 5.46 Å². The lowest BCUT2D eigenvalue weighted by Crippen LogP contribution is -2.56. The predicted octanol–water partition coefficient (Wildman–Crippen LogP) is 5.80. The minimum absolute atomic E-state index is 0.441. The molecule has 18 heavy (non-hydrogen) atoms. The Bertz CT molecular complexity index is 304. The smallest absolute Gasteiger partial charge is 0.0372 e. The summed E-state index contributed by atoms with van der Waals surface area (Å²) >= 11 is 1.87. The Morgan fingerprint density at radius 2 is 1.39 bits per heavy atom. The van der Waals surface area contributed by atoms with Crippen molar-refractivity contribution in [3.05, 3.63) is 16.8 Å². The van der Waals surface area contributed by atoms with E-state index in [9.17, 15) is 0 Å². The van der Waals surface area contributed by atoms with Crippen LogP contribution in [0.15, 0.2) is 16.8 Å². The van der Waals surface area contributed by atoms with Gasteiger partial charge in [0.25, 0.3) is 0 Å².